The summed E-state index contributed by atoms with van der Waals surface area (Å²) in [4.78, 5) is 11.0. The lowest BCUT2D eigenvalue weighted by atomic mass is 10.1. The van der Waals surface area contributed by atoms with Crippen molar-refractivity contribution >= 4 is 5.97 Å². The highest BCUT2D eigenvalue weighted by Crippen LogP contribution is 2.13. The normalized spacial score (nSPS) is 11.8. The van der Waals surface area contributed by atoms with E-state index in [0.717, 1.165) is 6.26 Å². The Morgan fingerprint density at radius 1 is 1.46 bits per heavy atom. The van der Waals surface area contributed by atoms with Crippen LogP contribution in [0.3, 0.4) is 0 Å². The first-order valence-corrected chi connectivity index (χ1v) is 3.80. The van der Waals surface area contributed by atoms with Crippen LogP contribution in [0.5, 0.6) is 0 Å². The van der Waals surface area contributed by atoms with E-state index < -0.39 is 12.1 Å². The lowest BCUT2D eigenvalue weighted by Crippen LogP contribution is -2.12. The summed E-state index contributed by atoms with van der Waals surface area (Å²) >= 11 is 0. The lowest BCUT2D eigenvalue weighted by Gasteiger charge is -2.07. The van der Waals surface area contributed by atoms with Crippen LogP contribution in [0, 0.1) is 0 Å². The number of carbonyl (C=O) groups excluding carboxylic acids is 1. The molecule has 13 heavy (non-hydrogen) atoms. The van der Waals surface area contributed by atoms with E-state index in [9.17, 15) is 9.90 Å². The van der Waals surface area contributed by atoms with Crippen LogP contribution in [0.2, 0.25) is 0 Å². The molecule has 0 aliphatic rings. The molecule has 0 saturated carbocycles. The SMILES string of the molecule is C=COC(=O)[C@@H](O)c1ccccc1. The molecule has 0 fully saturated rings. The second-order valence-corrected chi connectivity index (χ2v) is 2.42. The van der Waals surface area contributed by atoms with E-state index >= 15 is 0 Å². The van der Waals surface area contributed by atoms with Gasteiger partial charge in [-0.15, -0.1) is 0 Å². The zero-order chi connectivity index (χ0) is 9.68. The number of ether oxygens (including phenoxy) is 1. The molecule has 0 bridgehead atoms. The van der Waals surface area contributed by atoms with Gasteiger partial charge in [-0.2, -0.15) is 0 Å². The average molecular weight is 178 g/mol. The molecule has 0 heterocycles. The van der Waals surface area contributed by atoms with Crippen LogP contribution in [0.1, 0.15) is 11.7 Å². The van der Waals surface area contributed by atoms with Crippen LogP contribution >= 0.6 is 0 Å². The predicted molar refractivity (Wildman–Crippen MR) is 47.7 cm³/mol. The Kier molecular flexibility index (Phi) is 3.23. The molecule has 0 aliphatic carbocycles. The fourth-order valence-electron chi connectivity index (χ4n) is 0.918. The van der Waals surface area contributed by atoms with Crippen LogP contribution in [-0.2, 0) is 9.53 Å². The monoisotopic (exact) mass is 178 g/mol. The van der Waals surface area contributed by atoms with E-state index in [1.807, 2.05) is 0 Å². The topological polar surface area (TPSA) is 46.5 Å². The Hall–Kier alpha value is -1.61. The molecule has 1 atom stereocenters. The van der Waals surface area contributed by atoms with Crippen molar-refractivity contribution in [1.82, 2.24) is 0 Å². The van der Waals surface area contributed by atoms with Gasteiger partial charge in [0.25, 0.3) is 0 Å². The number of rotatable bonds is 3. The van der Waals surface area contributed by atoms with Crippen molar-refractivity contribution in [1.29, 1.82) is 0 Å². The van der Waals surface area contributed by atoms with Crippen molar-refractivity contribution in [3.8, 4) is 0 Å². The standard InChI is InChI=1S/C10H10O3/c1-2-13-10(12)9(11)8-6-4-3-5-7-8/h2-7,9,11H,1H2/t9-/m0/s1. The van der Waals surface area contributed by atoms with Gasteiger partial charge in [-0.3, -0.25) is 0 Å². The van der Waals surface area contributed by atoms with Gasteiger partial charge in [0.2, 0.25) is 0 Å². The van der Waals surface area contributed by atoms with Crippen LogP contribution in [0.4, 0.5) is 0 Å². The summed E-state index contributed by atoms with van der Waals surface area (Å²) in [7, 11) is 0. The molecule has 0 radical (unpaired) electrons. The molecular weight excluding hydrogens is 168 g/mol. The Morgan fingerprint density at radius 3 is 2.62 bits per heavy atom. The molecular formula is C10H10O3. The van der Waals surface area contributed by atoms with E-state index in [1.54, 1.807) is 30.3 Å². The molecule has 0 unspecified atom stereocenters. The summed E-state index contributed by atoms with van der Waals surface area (Å²) in [5.74, 6) is -0.721. The maximum atomic E-state index is 11.0. The molecule has 3 nitrogen and oxygen atoms in total. The van der Waals surface area contributed by atoms with Gasteiger partial charge in [-0.25, -0.2) is 4.79 Å². The molecule has 1 aromatic carbocycles. The molecule has 0 aliphatic heterocycles. The van der Waals surface area contributed by atoms with Crippen molar-refractivity contribution in [2.75, 3.05) is 0 Å². The van der Waals surface area contributed by atoms with Crippen LogP contribution in [0.15, 0.2) is 43.2 Å². The maximum absolute atomic E-state index is 11.0. The fourth-order valence-corrected chi connectivity index (χ4v) is 0.918. The van der Waals surface area contributed by atoms with E-state index in [4.69, 9.17) is 0 Å². The predicted octanol–water partition coefficient (Wildman–Crippen LogP) is 1.41. The van der Waals surface area contributed by atoms with Crippen LogP contribution in [0.25, 0.3) is 0 Å². The van der Waals surface area contributed by atoms with E-state index in [2.05, 4.69) is 11.3 Å². The number of hydrogen-bond donors (Lipinski definition) is 1. The summed E-state index contributed by atoms with van der Waals surface area (Å²) in [5, 5.41) is 9.40. The van der Waals surface area contributed by atoms with E-state index in [1.165, 1.54) is 0 Å². The minimum absolute atomic E-state index is 0.509. The summed E-state index contributed by atoms with van der Waals surface area (Å²) in [6.45, 7) is 3.22. The fraction of sp³-hybridized carbons (Fsp3) is 0.100. The summed E-state index contributed by atoms with van der Waals surface area (Å²) in [6, 6.07) is 8.57. The highest BCUT2D eigenvalue weighted by Gasteiger charge is 2.17. The molecule has 0 spiro atoms. The number of benzene rings is 1. The second kappa shape index (κ2) is 4.42. The number of esters is 1. The van der Waals surface area contributed by atoms with Crippen LogP contribution < -0.4 is 0 Å². The van der Waals surface area contributed by atoms with Gasteiger partial charge in [0.1, 0.15) is 0 Å². The Balaban J connectivity index is 2.73. The van der Waals surface area contributed by atoms with Crippen molar-refractivity contribution in [3.05, 3.63) is 48.7 Å². The zero-order valence-electron chi connectivity index (χ0n) is 7.01. The van der Waals surface area contributed by atoms with Gasteiger partial charge < -0.3 is 9.84 Å². The maximum Gasteiger partial charge on any atom is 0.344 e. The first-order chi connectivity index (χ1) is 6.25. The van der Waals surface area contributed by atoms with Crippen molar-refractivity contribution < 1.29 is 14.6 Å². The third-order valence-electron chi connectivity index (χ3n) is 1.54. The minimum atomic E-state index is -1.24. The largest absolute Gasteiger partial charge is 0.433 e. The highest BCUT2D eigenvalue weighted by atomic mass is 16.5. The quantitative estimate of drug-likeness (QED) is 0.562. The van der Waals surface area contributed by atoms with E-state index in [0.29, 0.717) is 5.56 Å². The highest BCUT2D eigenvalue weighted by molar-refractivity contribution is 5.76. The lowest BCUT2D eigenvalue weighted by molar-refractivity contribution is -0.147. The number of aliphatic hydroxyl groups is 1. The number of hydrogen-bond acceptors (Lipinski definition) is 3. The molecule has 1 rings (SSSR count). The van der Waals surface area contributed by atoms with Crippen LogP contribution in [-0.4, -0.2) is 11.1 Å². The van der Waals surface area contributed by atoms with Crippen molar-refractivity contribution in [2.24, 2.45) is 0 Å². The smallest absolute Gasteiger partial charge is 0.344 e. The van der Waals surface area contributed by atoms with Crippen molar-refractivity contribution in [2.45, 2.75) is 6.10 Å². The molecule has 1 aromatic rings. The summed E-state index contributed by atoms with van der Waals surface area (Å²) in [6.07, 6.45) is -0.242. The second-order valence-electron chi connectivity index (χ2n) is 2.42. The number of aliphatic hydroxyl groups excluding tert-OH is 1. The van der Waals surface area contributed by atoms with Gasteiger partial charge >= 0.3 is 5.97 Å². The van der Waals surface area contributed by atoms with Gasteiger partial charge in [0, 0.05) is 0 Å². The first-order valence-electron chi connectivity index (χ1n) is 3.80. The zero-order valence-corrected chi connectivity index (χ0v) is 7.01. The summed E-state index contributed by atoms with van der Waals surface area (Å²) in [5.41, 5.74) is 0.509. The third-order valence-corrected chi connectivity index (χ3v) is 1.54. The molecule has 68 valence electrons. The first kappa shape index (κ1) is 9.48. The average Bonchev–Trinajstić information content (AvgIpc) is 2.18. The summed E-state index contributed by atoms with van der Waals surface area (Å²) < 4.78 is 4.43. The molecule has 0 aromatic heterocycles. The van der Waals surface area contributed by atoms with Gasteiger partial charge in [-0.05, 0) is 5.56 Å². The molecule has 0 saturated heterocycles. The van der Waals surface area contributed by atoms with Gasteiger partial charge in [0.15, 0.2) is 6.10 Å². The molecule has 0 amide bonds. The third kappa shape index (κ3) is 2.42. The number of carbonyl (C=O) groups is 1. The van der Waals surface area contributed by atoms with Crippen molar-refractivity contribution in [3.63, 3.8) is 0 Å². The van der Waals surface area contributed by atoms with Gasteiger partial charge in [0.05, 0.1) is 6.26 Å². The molecule has 1 N–H and O–H groups in total. The van der Waals surface area contributed by atoms with Gasteiger partial charge in [-0.1, -0.05) is 36.9 Å². The Morgan fingerprint density at radius 2 is 2.08 bits per heavy atom. The Labute approximate surface area is 76.3 Å². The Bertz CT molecular complexity index is 292. The minimum Gasteiger partial charge on any atom is -0.433 e. The van der Waals surface area contributed by atoms with E-state index in [-0.39, 0.29) is 0 Å². The molecule has 3 heteroatoms.